The summed E-state index contributed by atoms with van der Waals surface area (Å²) in [6.45, 7) is 5.92. The van der Waals surface area contributed by atoms with Gasteiger partial charge in [0.2, 0.25) is 0 Å². The number of hydrogen-bond donors (Lipinski definition) is 0. The lowest BCUT2D eigenvalue weighted by Crippen LogP contribution is -2.47. The van der Waals surface area contributed by atoms with E-state index >= 15 is 0 Å². The molecule has 20 heavy (non-hydrogen) atoms. The third kappa shape index (κ3) is 4.88. The summed E-state index contributed by atoms with van der Waals surface area (Å²) in [5.41, 5.74) is 1.22. The van der Waals surface area contributed by atoms with Gasteiger partial charge >= 0.3 is 0 Å². The van der Waals surface area contributed by atoms with Gasteiger partial charge in [-0.05, 0) is 30.5 Å². The fourth-order valence-electron chi connectivity index (χ4n) is 2.50. The highest BCUT2D eigenvalue weighted by Crippen LogP contribution is 2.22. The molecule has 1 aromatic rings. The molecule has 0 amide bonds. The molecule has 1 fully saturated rings. The van der Waals surface area contributed by atoms with Gasteiger partial charge in [0, 0.05) is 39.3 Å². The Morgan fingerprint density at radius 2 is 1.60 bits per heavy atom. The Morgan fingerprint density at radius 1 is 0.950 bits per heavy atom. The Labute approximate surface area is 130 Å². The minimum absolute atomic E-state index is 0.211. The zero-order valence-corrected chi connectivity index (χ0v) is 13.1. The van der Waals surface area contributed by atoms with Crippen LogP contribution in [0.15, 0.2) is 18.2 Å². The summed E-state index contributed by atoms with van der Waals surface area (Å²) in [6.07, 6.45) is 1.64. The highest BCUT2D eigenvalue weighted by molar-refractivity contribution is 6.42. The first kappa shape index (κ1) is 16.0. The van der Waals surface area contributed by atoms with Crippen molar-refractivity contribution in [2.75, 3.05) is 45.9 Å². The Bertz CT molecular complexity index is 420. The average Bonchev–Trinajstić information content (AvgIpc) is 2.47. The Kier molecular flexibility index (Phi) is 6.56. The van der Waals surface area contributed by atoms with Gasteiger partial charge in [0.1, 0.15) is 0 Å². The third-order valence-electron chi connectivity index (χ3n) is 3.77. The van der Waals surface area contributed by atoms with Gasteiger partial charge in [-0.2, -0.15) is 0 Å². The van der Waals surface area contributed by atoms with E-state index in [9.17, 15) is 4.39 Å². The van der Waals surface area contributed by atoms with E-state index in [0.717, 1.165) is 45.7 Å². The molecule has 1 heterocycles. The molecule has 0 aliphatic carbocycles. The molecule has 0 saturated carbocycles. The number of alkyl halides is 1. The zero-order chi connectivity index (χ0) is 14.4. The maximum Gasteiger partial charge on any atom is 0.0906 e. The SMILES string of the molecule is [18F]CCCN1CCN(CCc2ccc(Cl)c(Cl)c2)CC1. The van der Waals surface area contributed by atoms with Crippen LogP contribution in [0.5, 0.6) is 0 Å². The van der Waals surface area contributed by atoms with Crippen LogP contribution in [0.1, 0.15) is 12.0 Å². The first-order valence-corrected chi connectivity index (χ1v) is 7.89. The van der Waals surface area contributed by atoms with E-state index in [0.29, 0.717) is 16.5 Å². The lowest BCUT2D eigenvalue weighted by atomic mass is 10.1. The van der Waals surface area contributed by atoms with Crippen LogP contribution in [-0.2, 0) is 6.42 Å². The van der Waals surface area contributed by atoms with E-state index in [4.69, 9.17) is 23.2 Å². The third-order valence-corrected chi connectivity index (χ3v) is 4.51. The molecular formula is C15H21Cl2FN2. The van der Waals surface area contributed by atoms with E-state index in [1.54, 1.807) is 0 Å². The van der Waals surface area contributed by atoms with E-state index in [2.05, 4.69) is 9.80 Å². The Morgan fingerprint density at radius 3 is 2.20 bits per heavy atom. The summed E-state index contributed by atoms with van der Waals surface area (Å²) in [7, 11) is 0. The zero-order valence-electron chi connectivity index (χ0n) is 11.6. The second kappa shape index (κ2) is 8.18. The Hall–Kier alpha value is -0.350. The monoisotopic (exact) mass is 317 g/mol. The Balaban J connectivity index is 1.71. The first-order valence-electron chi connectivity index (χ1n) is 7.13. The number of benzene rings is 1. The molecular weight excluding hydrogens is 297 g/mol. The van der Waals surface area contributed by atoms with Crippen molar-refractivity contribution in [1.82, 2.24) is 9.80 Å². The van der Waals surface area contributed by atoms with Crippen molar-refractivity contribution in [3.63, 3.8) is 0 Å². The highest BCUT2D eigenvalue weighted by atomic mass is 35.5. The molecule has 0 atom stereocenters. The standard InChI is InChI=1S/C15H21Cl2FN2/c16-14-3-2-13(12-15(14)17)4-7-20-10-8-19(9-11-20)6-1-5-18/h2-3,12H,1,4-11H2/i18-1. The fourth-order valence-corrected chi connectivity index (χ4v) is 2.82. The van der Waals surface area contributed by atoms with Gasteiger partial charge in [-0.3, -0.25) is 4.39 Å². The van der Waals surface area contributed by atoms with E-state index in [1.165, 1.54) is 5.56 Å². The molecule has 0 N–H and O–H groups in total. The summed E-state index contributed by atoms with van der Waals surface area (Å²) in [6, 6.07) is 5.83. The van der Waals surface area contributed by atoms with Gasteiger partial charge in [-0.15, -0.1) is 0 Å². The number of nitrogens with zero attached hydrogens (tertiary/aromatic N) is 2. The molecule has 112 valence electrons. The maximum atomic E-state index is 12.1. The van der Waals surface area contributed by atoms with Crippen molar-refractivity contribution < 1.29 is 4.39 Å². The minimum atomic E-state index is -0.211. The predicted octanol–water partition coefficient (Wildman–Crippen LogP) is 3.51. The van der Waals surface area contributed by atoms with Crippen molar-refractivity contribution in [2.45, 2.75) is 12.8 Å². The van der Waals surface area contributed by atoms with Crippen molar-refractivity contribution in [2.24, 2.45) is 0 Å². The molecule has 1 aliphatic heterocycles. The van der Waals surface area contributed by atoms with Crippen molar-refractivity contribution in [3.8, 4) is 0 Å². The van der Waals surface area contributed by atoms with Crippen LogP contribution in [0.2, 0.25) is 10.0 Å². The molecule has 1 aliphatic rings. The molecule has 0 bridgehead atoms. The van der Waals surface area contributed by atoms with Gasteiger partial charge in [0.05, 0.1) is 16.7 Å². The number of halogens is 3. The average molecular weight is 318 g/mol. The molecule has 0 aromatic heterocycles. The maximum absolute atomic E-state index is 12.1. The van der Waals surface area contributed by atoms with E-state index in [1.807, 2.05) is 18.2 Å². The van der Waals surface area contributed by atoms with Gasteiger partial charge in [0.15, 0.2) is 0 Å². The smallest absolute Gasteiger partial charge is 0.0906 e. The number of piperazine rings is 1. The lowest BCUT2D eigenvalue weighted by molar-refractivity contribution is 0.130. The quantitative estimate of drug-likeness (QED) is 0.792. The summed E-state index contributed by atoms with van der Waals surface area (Å²) in [4.78, 5) is 4.80. The predicted molar refractivity (Wildman–Crippen MR) is 83.6 cm³/mol. The van der Waals surface area contributed by atoms with Gasteiger partial charge in [-0.25, -0.2) is 0 Å². The van der Waals surface area contributed by atoms with Gasteiger partial charge in [-0.1, -0.05) is 29.3 Å². The molecule has 1 aromatic carbocycles. The lowest BCUT2D eigenvalue weighted by Gasteiger charge is -2.34. The highest BCUT2D eigenvalue weighted by Gasteiger charge is 2.16. The van der Waals surface area contributed by atoms with Gasteiger partial charge in [0.25, 0.3) is 0 Å². The fraction of sp³-hybridized carbons (Fsp3) is 0.600. The van der Waals surface area contributed by atoms with Gasteiger partial charge < -0.3 is 9.80 Å². The second-order valence-corrected chi connectivity index (χ2v) is 6.04. The van der Waals surface area contributed by atoms with Crippen LogP contribution >= 0.6 is 23.2 Å². The summed E-state index contributed by atoms with van der Waals surface area (Å²) < 4.78 is 12.1. The molecule has 2 nitrogen and oxygen atoms in total. The molecule has 1 saturated heterocycles. The van der Waals surface area contributed by atoms with Crippen molar-refractivity contribution in [1.29, 1.82) is 0 Å². The topological polar surface area (TPSA) is 6.48 Å². The van der Waals surface area contributed by atoms with Crippen LogP contribution in [0, 0.1) is 0 Å². The summed E-state index contributed by atoms with van der Waals surface area (Å²) in [5, 5.41) is 1.23. The second-order valence-electron chi connectivity index (χ2n) is 5.22. The first-order chi connectivity index (χ1) is 9.69. The van der Waals surface area contributed by atoms with Crippen molar-refractivity contribution in [3.05, 3.63) is 33.8 Å². The normalized spacial score (nSPS) is 17.6. The minimum Gasteiger partial charge on any atom is -0.301 e. The molecule has 0 radical (unpaired) electrons. The van der Waals surface area contributed by atoms with E-state index in [-0.39, 0.29) is 6.67 Å². The number of hydrogen-bond acceptors (Lipinski definition) is 2. The van der Waals surface area contributed by atoms with E-state index < -0.39 is 0 Å². The molecule has 0 unspecified atom stereocenters. The van der Waals surface area contributed by atoms with Crippen LogP contribution in [0.4, 0.5) is 4.39 Å². The van der Waals surface area contributed by atoms with Crippen LogP contribution in [0.3, 0.4) is 0 Å². The van der Waals surface area contributed by atoms with Crippen LogP contribution in [-0.4, -0.2) is 55.7 Å². The summed E-state index contributed by atoms with van der Waals surface area (Å²) >= 11 is 11.9. The molecule has 0 spiro atoms. The summed E-state index contributed by atoms with van der Waals surface area (Å²) in [5.74, 6) is 0. The van der Waals surface area contributed by atoms with Crippen LogP contribution < -0.4 is 0 Å². The van der Waals surface area contributed by atoms with Crippen LogP contribution in [0.25, 0.3) is 0 Å². The largest absolute Gasteiger partial charge is 0.301 e. The van der Waals surface area contributed by atoms with Crippen molar-refractivity contribution >= 4 is 23.2 Å². The molecule has 5 heteroatoms. The molecule has 2 rings (SSSR count). The number of rotatable bonds is 6.